The quantitative estimate of drug-likeness (QED) is 0.733. The molecule has 1 rings (SSSR count). The molecule has 1 amide bonds. The molecule has 20 heavy (non-hydrogen) atoms. The van der Waals surface area contributed by atoms with Crippen LogP contribution >= 0.6 is 15.9 Å². The van der Waals surface area contributed by atoms with E-state index in [0.717, 1.165) is 23.2 Å². The second-order valence-corrected chi connectivity index (χ2v) is 5.49. The number of rotatable bonds is 8. The molecule has 0 spiro atoms. The molecule has 0 bridgehead atoms. The number of ether oxygens (including phenoxy) is 2. The highest BCUT2D eigenvalue weighted by Crippen LogP contribution is 2.21. The van der Waals surface area contributed by atoms with Crippen molar-refractivity contribution < 1.29 is 14.3 Å². The first-order valence-corrected chi connectivity index (χ1v) is 7.83. The van der Waals surface area contributed by atoms with Gasteiger partial charge >= 0.3 is 0 Å². The summed E-state index contributed by atoms with van der Waals surface area (Å²) < 4.78 is 10.8. The van der Waals surface area contributed by atoms with Gasteiger partial charge in [-0.05, 0) is 37.6 Å². The average molecular weight is 344 g/mol. The van der Waals surface area contributed by atoms with Crippen LogP contribution in [0, 0.1) is 0 Å². The van der Waals surface area contributed by atoms with Crippen LogP contribution in [-0.4, -0.2) is 30.6 Å². The minimum Gasteiger partial charge on any atom is -0.493 e. The third-order valence-electron chi connectivity index (χ3n) is 3.12. The van der Waals surface area contributed by atoms with Crippen LogP contribution in [0.5, 0.6) is 5.75 Å². The molecular formula is C15H22BrNO3. The molecule has 0 aromatic heterocycles. The molecule has 5 heteroatoms. The van der Waals surface area contributed by atoms with Gasteiger partial charge in [0.15, 0.2) is 0 Å². The number of nitrogens with one attached hydrogen (secondary N) is 1. The number of carbonyl (C=O) groups excluding carboxylic acids is 1. The van der Waals surface area contributed by atoms with Crippen molar-refractivity contribution in [3.05, 3.63) is 24.3 Å². The molecule has 112 valence electrons. The number of benzene rings is 1. The van der Waals surface area contributed by atoms with E-state index >= 15 is 0 Å². The minimum absolute atomic E-state index is 0.129. The first-order valence-electron chi connectivity index (χ1n) is 6.71. The van der Waals surface area contributed by atoms with E-state index in [4.69, 9.17) is 9.47 Å². The van der Waals surface area contributed by atoms with E-state index in [0.29, 0.717) is 13.0 Å². The lowest BCUT2D eigenvalue weighted by Crippen LogP contribution is -2.41. The number of hydrogen-bond donors (Lipinski definition) is 1. The fourth-order valence-electron chi connectivity index (χ4n) is 1.84. The van der Waals surface area contributed by atoms with Gasteiger partial charge in [0.05, 0.1) is 6.61 Å². The number of amides is 1. The Balaban J connectivity index is 2.65. The molecule has 0 radical (unpaired) electrons. The third-order valence-corrected chi connectivity index (χ3v) is 3.44. The second kappa shape index (κ2) is 8.27. The van der Waals surface area contributed by atoms with Gasteiger partial charge in [-0.25, -0.2) is 0 Å². The Hall–Kier alpha value is -1.07. The highest BCUT2D eigenvalue weighted by Gasteiger charge is 2.31. The van der Waals surface area contributed by atoms with Crippen LogP contribution in [-0.2, 0) is 9.53 Å². The highest BCUT2D eigenvalue weighted by atomic mass is 79.9. The Morgan fingerprint density at radius 3 is 2.50 bits per heavy atom. The summed E-state index contributed by atoms with van der Waals surface area (Å²) in [5.74, 6) is 0.654. The summed E-state index contributed by atoms with van der Waals surface area (Å²) >= 11 is 3.30. The van der Waals surface area contributed by atoms with Crippen molar-refractivity contribution in [2.45, 2.75) is 32.3 Å². The molecule has 0 saturated carbocycles. The zero-order valence-electron chi connectivity index (χ0n) is 12.2. The van der Waals surface area contributed by atoms with E-state index in [-0.39, 0.29) is 5.91 Å². The molecule has 1 aromatic rings. The first-order chi connectivity index (χ1) is 9.55. The molecule has 1 N–H and O–H groups in total. The van der Waals surface area contributed by atoms with Crippen LogP contribution in [0.2, 0.25) is 0 Å². The van der Waals surface area contributed by atoms with Crippen LogP contribution in [0.3, 0.4) is 0 Å². The van der Waals surface area contributed by atoms with Crippen molar-refractivity contribution in [2.24, 2.45) is 0 Å². The minimum atomic E-state index is -0.792. The molecule has 0 saturated heterocycles. The molecule has 0 unspecified atom stereocenters. The number of carbonyl (C=O) groups is 1. The molecule has 0 heterocycles. The Bertz CT molecular complexity index is 422. The maximum Gasteiger partial charge on any atom is 0.256 e. The van der Waals surface area contributed by atoms with E-state index < -0.39 is 5.60 Å². The predicted molar refractivity (Wildman–Crippen MR) is 84.7 cm³/mol. The number of anilines is 1. The van der Waals surface area contributed by atoms with Crippen LogP contribution in [0.15, 0.2) is 24.3 Å². The SMILES string of the molecule is CCC[C@](C)(OC)C(=O)Nc1ccc(OCCBr)cc1. The number of methoxy groups -OCH3 is 1. The topological polar surface area (TPSA) is 47.6 Å². The monoisotopic (exact) mass is 343 g/mol. The van der Waals surface area contributed by atoms with Crippen molar-refractivity contribution in [1.82, 2.24) is 0 Å². The normalized spacial score (nSPS) is 13.6. The highest BCUT2D eigenvalue weighted by molar-refractivity contribution is 9.09. The largest absolute Gasteiger partial charge is 0.493 e. The summed E-state index contributed by atoms with van der Waals surface area (Å²) in [7, 11) is 1.56. The maximum atomic E-state index is 12.2. The van der Waals surface area contributed by atoms with Crippen molar-refractivity contribution in [3.8, 4) is 5.75 Å². The first kappa shape index (κ1) is 17.0. The molecule has 1 atom stereocenters. The molecule has 0 fully saturated rings. The zero-order chi connectivity index (χ0) is 15.0. The Morgan fingerprint density at radius 2 is 2.00 bits per heavy atom. The average Bonchev–Trinajstić information content (AvgIpc) is 2.46. The van der Waals surface area contributed by atoms with Crippen molar-refractivity contribution in [2.75, 3.05) is 24.4 Å². The lowest BCUT2D eigenvalue weighted by molar-refractivity contribution is -0.136. The van der Waals surface area contributed by atoms with Crippen LogP contribution in [0.1, 0.15) is 26.7 Å². The van der Waals surface area contributed by atoms with Gasteiger partial charge in [0.25, 0.3) is 5.91 Å². The third kappa shape index (κ3) is 4.80. The Kier molecular flexibility index (Phi) is 7.02. The van der Waals surface area contributed by atoms with Crippen molar-refractivity contribution in [1.29, 1.82) is 0 Å². The molecule has 4 nitrogen and oxygen atoms in total. The number of alkyl halides is 1. The maximum absolute atomic E-state index is 12.2. The summed E-state index contributed by atoms with van der Waals surface area (Å²) in [6.45, 7) is 4.45. The molecule has 0 aliphatic carbocycles. The standard InChI is InChI=1S/C15H22BrNO3/c1-4-9-15(2,19-3)14(18)17-12-5-7-13(8-6-12)20-11-10-16/h5-8H,4,9-11H2,1-3H3,(H,17,18)/t15-/m0/s1. The summed E-state index contributed by atoms with van der Waals surface area (Å²) in [6.07, 6.45) is 1.57. The molecule has 1 aromatic carbocycles. The lowest BCUT2D eigenvalue weighted by Gasteiger charge is -2.26. The van der Waals surface area contributed by atoms with E-state index in [1.54, 1.807) is 14.0 Å². The van der Waals surface area contributed by atoms with Gasteiger partial charge in [0, 0.05) is 18.1 Å². The van der Waals surface area contributed by atoms with Crippen molar-refractivity contribution in [3.63, 3.8) is 0 Å². The van der Waals surface area contributed by atoms with E-state index in [2.05, 4.69) is 21.2 Å². The summed E-state index contributed by atoms with van der Waals surface area (Å²) in [4.78, 5) is 12.2. The van der Waals surface area contributed by atoms with Crippen LogP contribution < -0.4 is 10.1 Å². The zero-order valence-corrected chi connectivity index (χ0v) is 13.8. The van der Waals surface area contributed by atoms with Gasteiger partial charge in [-0.3, -0.25) is 4.79 Å². The number of hydrogen-bond acceptors (Lipinski definition) is 3. The Morgan fingerprint density at radius 1 is 1.35 bits per heavy atom. The van der Waals surface area contributed by atoms with Gasteiger partial charge in [-0.1, -0.05) is 29.3 Å². The molecule has 0 aliphatic heterocycles. The fraction of sp³-hybridized carbons (Fsp3) is 0.533. The van der Waals surface area contributed by atoms with Gasteiger partial charge in [0.2, 0.25) is 0 Å². The fourth-order valence-corrected chi connectivity index (χ4v) is 2.00. The van der Waals surface area contributed by atoms with Gasteiger partial charge in [-0.15, -0.1) is 0 Å². The van der Waals surface area contributed by atoms with E-state index in [9.17, 15) is 4.79 Å². The number of halogens is 1. The summed E-state index contributed by atoms with van der Waals surface area (Å²) in [5.41, 5.74) is -0.0551. The Labute approximate surface area is 129 Å². The van der Waals surface area contributed by atoms with Gasteiger partial charge < -0.3 is 14.8 Å². The molecular weight excluding hydrogens is 322 g/mol. The second-order valence-electron chi connectivity index (χ2n) is 4.70. The molecule has 0 aliphatic rings. The van der Waals surface area contributed by atoms with Crippen LogP contribution in [0.25, 0.3) is 0 Å². The summed E-state index contributed by atoms with van der Waals surface area (Å²) in [5, 5.41) is 3.66. The van der Waals surface area contributed by atoms with Crippen LogP contribution in [0.4, 0.5) is 5.69 Å². The van der Waals surface area contributed by atoms with Gasteiger partial charge in [-0.2, -0.15) is 0 Å². The lowest BCUT2D eigenvalue weighted by atomic mass is 9.99. The predicted octanol–water partition coefficient (Wildman–Crippen LogP) is 3.60. The van der Waals surface area contributed by atoms with E-state index in [1.807, 2.05) is 31.2 Å². The van der Waals surface area contributed by atoms with Crippen molar-refractivity contribution >= 4 is 27.5 Å². The van der Waals surface area contributed by atoms with Gasteiger partial charge in [0.1, 0.15) is 11.4 Å². The smallest absolute Gasteiger partial charge is 0.256 e. The summed E-state index contributed by atoms with van der Waals surface area (Å²) in [6, 6.07) is 7.32. The van der Waals surface area contributed by atoms with E-state index in [1.165, 1.54) is 0 Å².